The molecular formula is C18H18N6O3. The molecule has 0 unspecified atom stereocenters. The van der Waals surface area contributed by atoms with Gasteiger partial charge in [0.05, 0.1) is 0 Å². The molecule has 0 aromatic carbocycles. The molecule has 1 atom stereocenters. The van der Waals surface area contributed by atoms with Gasteiger partial charge in [-0.1, -0.05) is 6.07 Å². The summed E-state index contributed by atoms with van der Waals surface area (Å²) in [6, 6.07) is 8.62. The summed E-state index contributed by atoms with van der Waals surface area (Å²) in [6.07, 6.45) is 4.60. The molecule has 0 spiro atoms. The fourth-order valence-corrected chi connectivity index (χ4v) is 3.15. The van der Waals surface area contributed by atoms with Gasteiger partial charge in [-0.05, 0) is 31.0 Å². The number of likely N-dealkylation sites (tertiary alicyclic amines) is 1. The molecule has 0 N–H and O–H groups in total. The van der Waals surface area contributed by atoms with Crippen molar-refractivity contribution in [2.24, 2.45) is 5.92 Å². The molecular weight excluding hydrogens is 348 g/mol. The number of pyridine rings is 1. The first kappa shape index (κ1) is 17.1. The maximum absolute atomic E-state index is 12.6. The van der Waals surface area contributed by atoms with Crippen LogP contribution in [0.15, 0.2) is 42.9 Å². The lowest BCUT2D eigenvalue weighted by molar-refractivity contribution is -0.134. The Morgan fingerprint density at radius 1 is 1.22 bits per heavy atom. The van der Waals surface area contributed by atoms with Crippen molar-refractivity contribution in [2.75, 3.05) is 19.7 Å². The molecule has 1 aliphatic rings. The molecule has 9 heteroatoms. The van der Waals surface area contributed by atoms with Crippen LogP contribution in [0.2, 0.25) is 0 Å². The molecule has 3 aromatic heterocycles. The number of hydrogen-bond acceptors (Lipinski definition) is 7. The predicted octanol–water partition coefficient (Wildman–Crippen LogP) is 1.02. The summed E-state index contributed by atoms with van der Waals surface area (Å²) in [5, 5.41) is 11.8. The Kier molecular flexibility index (Phi) is 4.73. The molecule has 1 amide bonds. The van der Waals surface area contributed by atoms with E-state index in [1.54, 1.807) is 41.4 Å². The Morgan fingerprint density at radius 2 is 2.15 bits per heavy atom. The molecule has 1 aliphatic heterocycles. The topological polar surface area (TPSA) is 103 Å². The van der Waals surface area contributed by atoms with Crippen molar-refractivity contribution in [2.45, 2.75) is 12.8 Å². The van der Waals surface area contributed by atoms with E-state index >= 15 is 0 Å². The van der Waals surface area contributed by atoms with E-state index in [4.69, 9.17) is 4.74 Å². The highest BCUT2D eigenvalue weighted by atomic mass is 16.5. The Hall–Kier alpha value is -3.36. The summed E-state index contributed by atoms with van der Waals surface area (Å²) in [7, 11) is 0. The van der Waals surface area contributed by atoms with E-state index in [9.17, 15) is 9.59 Å². The lowest BCUT2D eigenvalue weighted by Crippen LogP contribution is -2.44. The highest BCUT2D eigenvalue weighted by molar-refractivity contribution is 5.96. The Balaban J connectivity index is 1.36. The Morgan fingerprint density at radius 3 is 3.00 bits per heavy atom. The maximum atomic E-state index is 12.6. The van der Waals surface area contributed by atoms with E-state index in [2.05, 4.69) is 20.3 Å². The average Bonchev–Trinajstić information content (AvgIpc) is 3.20. The van der Waals surface area contributed by atoms with Gasteiger partial charge in [-0.3, -0.25) is 14.6 Å². The molecule has 0 bridgehead atoms. The van der Waals surface area contributed by atoms with Crippen molar-refractivity contribution in [1.82, 2.24) is 29.7 Å². The van der Waals surface area contributed by atoms with Crippen molar-refractivity contribution in [3.63, 3.8) is 0 Å². The zero-order valence-electron chi connectivity index (χ0n) is 14.6. The lowest BCUT2D eigenvalue weighted by atomic mass is 9.92. The second kappa shape index (κ2) is 7.48. The van der Waals surface area contributed by atoms with Gasteiger partial charge in [0.2, 0.25) is 5.88 Å². The number of carbonyl (C=O) groups excluding carboxylic acids is 2. The van der Waals surface area contributed by atoms with Crippen molar-refractivity contribution < 1.29 is 14.3 Å². The summed E-state index contributed by atoms with van der Waals surface area (Å²) in [5.74, 6) is -0.106. The normalized spacial score (nSPS) is 17.0. The van der Waals surface area contributed by atoms with Crippen LogP contribution in [0, 0.1) is 5.92 Å². The van der Waals surface area contributed by atoms with Crippen molar-refractivity contribution >= 4 is 17.3 Å². The molecule has 3 aromatic rings. The van der Waals surface area contributed by atoms with Gasteiger partial charge in [-0.15, -0.1) is 15.3 Å². The summed E-state index contributed by atoms with van der Waals surface area (Å²) < 4.78 is 6.98. The molecule has 0 aliphatic carbocycles. The number of hydrogen-bond donors (Lipinski definition) is 0. The van der Waals surface area contributed by atoms with Gasteiger partial charge in [0, 0.05) is 31.3 Å². The standard InChI is InChI=1S/C18H18N6O3/c25-17(11-27-16-7-6-15-21-20-12-24(15)22-16)23-9-3-4-13(10-23)18(26)14-5-1-2-8-19-14/h1-2,5-8,12-13H,3-4,9-11H2/t13-/m1/s1. The highest BCUT2D eigenvalue weighted by Gasteiger charge is 2.29. The Bertz CT molecular complexity index is 958. The Labute approximate surface area is 155 Å². The summed E-state index contributed by atoms with van der Waals surface area (Å²) in [4.78, 5) is 30.9. The van der Waals surface area contributed by atoms with Crippen LogP contribution in [0.1, 0.15) is 23.3 Å². The molecule has 27 heavy (non-hydrogen) atoms. The summed E-state index contributed by atoms with van der Waals surface area (Å²) >= 11 is 0. The number of ketones is 1. The van der Waals surface area contributed by atoms with Gasteiger partial charge in [-0.25, -0.2) is 0 Å². The number of piperidine rings is 1. The smallest absolute Gasteiger partial charge is 0.260 e. The van der Waals surface area contributed by atoms with E-state index < -0.39 is 0 Å². The van der Waals surface area contributed by atoms with Crippen LogP contribution in [0.3, 0.4) is 0 Å². The minimum Gasteiger partial charge on any atom is -0.467 e. The predicted molar refractivity (Wildman–Crippen MR) is 94.1 cm³/mol. The molecule has 0 saturated carbocycles. The number of nitrogens with zero attached hydrogens (tertiary/aromatic N) is 6. The number of aromatic nitrogens is 5. The molecule has 4 heterocycles. The zero-order valence-corrected chi connectivity index (χ0v) is 14.6. The van der Waals surface area contributed by atoms with Crippen LogP contribution in [-0.2, 0) is 4.79 Å². The van der Waals surface area contributed by atoms with Gasteiger partial charge >= 0.3 is 0 Å². The quantitative estimate of drug-likeness (QED) is 0.621. The second-order valence-corrected chi connectivity index (χ2v) is 6.35. The number of ether oxygens (including phenoxy) is 1. The number of amides is 1. The van der Waals surface area contributed by atoms with Crippen LogP contribution < -0.4 is 4.74 Å². The summed E-state index contributed by atoms with van der Waals surface area (Å²) in [6.45, 7) is 0.868. The third-order valence-corrected chi connectivity index (χ3v) is 4.54. The van der Waals surface area contributed by atoms with Crippen molar-refractivity contribution in [1.29, 1.82) is 0 Å². The minimum absolute atomic E-state index is 0.0197. The fraction of sp³-hybridized carbons (Fsp3) is 0.333. The van der Waals surface area contributed by atoms with E-state index in [0.29, 0.717) is 30.3 Å². The van der Waals surface area contributed by atoms with Gasteiger partial charge in [0.15, 0.2) is 18.0 Å². The third-order valence-electron chi connectivity index (χ3n) is 4.54. The molecule has 4 rings (SSSR count). The van der Waals surface area contributed by atoms with Crippen LogP contribution in [0.4, 0.5) is 0 Å². The maximum Gasteiger partial charge on any atom is 0.260 e. The molecule has 9 nitrogen and oxygen atoms in total. The number of rotatable bonds is 5. The first-order valence-corrected chi connectivity index (χ1v) is 8.73. The third kappa shape index (κ3) is 3.76. The number of Topliss-reactive ketones (excluding diaryl/α,β-unsaturated/α-hetero) is 1. The van der Waals surface area contributed by atoms with Crippen molar-refractivity contribution in [3.05, 3.63) is 48.5 Å². The van der Waals surface area contributed by atoms with Crippen LogP contribution in [0.5, 0.6) is 5.88 Å². The monoisotopic (exact) mass is 366 g/mol. The zero-order chi connectivity index (χ0) is 18.6. The lowest BCUT2D eigenvalue weighted by Gasteiger charge is -2.31. The molecule has 0 radical (unpaired) electrons. The SMILES string of the molecule is O=C(c1ccccn1)[C@@H]1CCCN(C(=O)COc2ccc3nncn3n2)C1. The highest BCUT2D eigenvalue weighted by Crippen LogP contribution is 2.20. The molecule has 1 fully saturated rings. The van der Waals surface area contributed by atoms with Crippen LogP contribution in [-0.4, -0.2) is 61.1 Å². The van der Waals surface area contributed by atoms with E-state index in [1.807, 2.05) is 0 Å². The average molecular weight is 366 g/mol. The number of carbonyl (C=O) groups is 2. The van der Waals surface area contributed by atoms with Gasteiger partial charge < -0.3 is 9.64 Å². The molecule has 138 valence electrons. The van der Waals surface area contributed by atoms with E-state index in [-0.39, 0.29) is 24.2 Å². The van der Waals surface area contributed by atoms with Crippen LogP contribution >= 0.6 is 0 Å². The fourth-order valence-electron chi connectivity index (χ4n) is 3.15. The largest absolute Gasteiger partial charge is 0.467 e. The minimum atomic E-state index is -0.232. The summed E-state index contributed by atoms with van der Waals surface area (Å²) in [5.41, 5.74) is 1.04. The first-order chi connectivity index (χ1) is 13.2. The van der Waals surface area contributed by atoms with Gasteiger partial charge in [0.1, 0.15) is 12.0 Å². The second-order valence-electron chi connectivity index (χ2n) is 6.35. The van der Waals surface area contributed by atoms with Gasteiger partial charge in [-0.2, -0.15) is 4.52 Å². The van der Waals surface area contributed by atoms with Crippen LogP contribution in [0.25, 0.3) is 5.65 Å². The number of fused-ring (bicyclic) bond motifs is 1. The molecule has 1 saturated heterocycles. The van der Waals surface area contributed by atoms with E-state index in [1.165, 1.54) is 10.8 Å². The van der Waals surface area contributed by atoms with Gasteiger partial charge in [0.25, 0.3) is 5.91 Å². The van der Waals surface area contributed by atoms with E-state index in [0.717, 1.165) is 12.8 Å². The van der Waals surface area contributed by atoms with Crippen molar-refractivity contribution in [3.8, 4) is 5.88 Å². The first-order valence-electron chi connectivity index (χ1n) is 8.73.